The Kier molecular flexibility index (Phi) is 5.58. The number of carboxylic acid groups (broad SMARTS) is 1. The molecule has 0 fully saturated rings. The first-order valence-corrected chi connectivity index (χ1v) is 10.5. The molecule has 34 heavy (non-hydrogen) atoms. The van der Waals surface area contributed by atoms with Gasteiger partial charge in [0.15, 0.2) is 0 Å². The Morgan fingerprint density at radius 3 is 1.76 bits per heavy atom. The Bertz CT molecular complexity index is 1640. The molecule has 2 aliphatic heterocycles. The molecule has 0 aliphatic carbocycles. The summed E-state index contributed by atoms with van der Waals surface area (Å²) < 4.78 is 0. The number of H-pyrrole nitrogens is 2. The summed E-state index contributed by atoms with van der Waals surface area (Å²) in [5.41, 5.74) is 9.24. The number of aromatic carboxylic acids is 1. The maximum absolute atomic E-state index is 11.2. The van der Waals surface area contributed by atoms with Crippen molar-refractivity contribution in [2.75, 3.05) is 0 Å². The summed E-state index contributed by atoms with van der Waals surface area (Å²) in [5.74, 6) is -0.943. The van der Waals surface area contributed by atoms with Crippen molar-refractivity contribution < 1.29 is 30.3 Å². The second kappa shape index (κ2) is 8.71. The SMILES string of the molecule is O=C(O)c1ccc(C2=Cc3cc4ccc(cc5nc(cc6ccc(cc2n3)[nH]6)C=C5)[nH]4)cc1.[Pd]. The van der Waals surface area contributed by atoms with Gasteiger partial charge in [0, 0.05) is 48.1 Å². The van der Waals surface area contributed by atoms with Crippen LogP contribution in [0, 0.1) is 0 Å². The molecule has 7 heteroatoms. The van der Waals surface area contributed by atoms with E-state index in [1.807, 2.05) is 78.9 Å². The molecule has 0 unspecified atom stereocenters. The standard InChI is InChI=1S/C27H18N4O2.Pd/c32-27(33)17-3-1-16(2-4-17)25-14-24-13-22-8-7-20(29-22)11-18-5-6-19(28-18)12-21-9-10-23(30-21)15-26(25)31-24;/h1-15,29-30H,(H,32,33);. The number of hydrogen-bond donors (Lipinski definition) is 3. The number of hydrogen-bond acceptors (Lipinski definition) is 3. The summed E-state index contributed by atoms with van der Waals surface area (Å²) in [4.78, 5) is 27.6. The van der Waals surface area contributed by atoms with Crippen LogP contribution in [0.3, 0.4) is 0 Å². The van der Waals surface area contributed by atoms with Crippen LogP contribution in [0.4, 0.5) is 0 Å². The number of nitrogens with zero attached hydrogens (tertiary/aromatic N) is 2. The van der Waals surface area contributed by atoms with E-state index in [4.69, 9.17) is 4.98 Å². The maximum atomic E-state index is 11.2. The number of aromatic nitrogens is 4. The van der Waals surface area contributed by atoms with Crippen LogP contribution in [0.5, 0.6) is 0 Å². The van der Waals surface area contributed by atoms with Crippen molar-refractivity contribution in [3.8, 4) is 0 Å². The number of benzene rings is 1. The summed E-state index contributed by atoms with van der Waals surface area (Å²) in [6.45, 7) is 0. The molecule has 3 aromatic heterocycles. The van der Waals surface area contributed by atoms with E-state index in [0.717, 1.165) is 56.0 Å². The average molecular weight is 537 g/mol. The predicted octanol–water partition coefficient (Wildman–Crippen LogP) is 5.77. The van der Waals surface area contributed by atoms with Crippen LogP contribution in [-0.4, -0.2) is 31.0 Å². The summed E-state index contributed by atoms with van der Waals surface area (Å²) in [5, 5.41) is 9.23. The van der Waals surface area contributed by atoms with Crippen molar-refractivity contribution in [3.05, 3.63) is 107 Å². The number of rotatable bonds is 2. The average Bonchev–Trinajstić information content (AvgIpc) is 3.59. The molecule has 2 aliphatic rings. The third-order valence-electron chi connectivity index (χ3n) is 5.61. The van der Waals surface area contributed by atoms with E-state index in [9.17, 15) is 9.90 Å². The minimum Gasteiger partial charge on any atom is -0.478 e. The third kappa shape index (κ3) is 4.27. The van der Waals surface area contributed by atoms with Gasteiger partial charge in [0.2, 0.25) is 0 Å². The van der Waals surface area contributed by atoms with Gasteiger partial charge in [0.25, 0.3) is 0 Å². The zero-order valence-electron chi connectivity index (χ0n) is 17.7. The predicted molar refractivity (Wildman–Crippen MR) is 130 cm³/mol. The molecular weight excluding hydrogens is 519 g/mol. The number of fused-ring (bicyclic) bond motifs is 8. The fourth-order valence-electron chi connectivity index (χ4n) is 4.04. The molecule has 4 aromatic rings. The van der Waals surface area contributed by atoms with E-state index < -0.39 is 5.97 Å². The quantitative estimate of drug-likeness (QED) is 0.245. The van der Waals surface area contributed by atoms with Crippen molar-refractivity contribution in [2.24, 2.45) is 0 Å². The van der Waals surface area contributed by atoms with Gasteiger partial charge in [0.05, 0.1) is 28.3 Å². The van der Waals surface area contributed by atoms with Gasteiger partial charge in [-0.2, -0.15) is 0 Å². The zero-order valence-corrected chi connectivity index (χ0v) is 19.3. The normalized spacial score (nSPS) is 12.2. The summed E-state index contributed by atoms with van der Waals surface area (Å²) in [7, 11) is 0. The van der Waals surface area contributed by atoms with E-state index in [0.29, 0.717) is 0 Å². The molecule has 3 N–H and O–H groups in total. The molecule has 0 radical (unpaired) electrons. The number of nitrogens with one attached hydrogen (secondary N) is 2. The van der Waals surface area contributed by atoms with Crippen molar-refractivity contribution in [1.29, 1.82) is 0 Å². The van der Waals surface area contributed by atoms with Crippen LogP contribution in [0.15, 0.2) is 72.8 Å². The van der Waals surface area contributed by atoms with Crippen LogP contribution >= 0.6 is 0 Å². The Labute approximate surface area is 208 Å². The fourth-order valence-corrected chi connectivity index (χ4v) is 4.04. The van der Waals surface area contributed by atoms with Crippen molar-refractivity contribution in [2.45, 2.75) is 0 Å². The number of aromatic amines is 2. The summed E-state index contributed by atoms with van der Waals surface area (Å²) >= 11 is 0. The molecule has 6 rings (SSSR count). The van der Waals surface area contributed by atoms with Crippen molar-refractivity contribution in [1.82, 2.24) is 19.9 Å². The van der Waals surface area contributed by atoms with E-state index in [2.05, 4.69) is 15.0 Å². The fraction of sp³-hybridized carbons (Fsp3) is 0. The molecule has 0 saturated heterocycles. The first-order chi connectivity index (χ1) is 16.1. The third-order valence-corrected chi connectivity index (χ3v) is 5.61. The van der Waals surface area contributed by atoms with Crippen LogP contribution < -0.4 is 0 Å². The van der Waals surface area contributed by atoms with Gasteiger partial charge < -0.3 is 15.1 Å². The molecular formula is C27H18N4O2Pd. The monoisotopic (exact) mass is 536 g/mol. The van der Waals surface area contributed by atoms with Gasteiger partial charge >= 0.3 is 5.97 Å². The largest absolute Gasteiger partial charge is 0.478 e. The molecule has 1 aromatic carbocycles. The van der Waals surface area contributed by atoms with Gasteiger partial charge in [-0.1, -0.05) is 12.1 Å². The second-order valence-electron chi connectivity index (χ2n) is 7.97. The maximum Gasteiger partial charge on any atom is 0.335 e. The molecule has 0 amide bonds. The van der Waals surface area contributed by atoms with Gasteiger partial charge in [0.1, 0.15) is 0 Å². The Morgan fingerprint density at radius 1 is 0.676 bits per heavy atom. The molecule has 5 heterocycles. The van der Waals surface area contributed by atoms with E-state index in [-0.39, 0.29) is 26.0 Å². The Hall–Kier alpha value is -4.05. The Balaban J connectivity index is 0.00000241. The second-order valence-corrected chi connectivity index (χ2v) is 7.97. The molecule has 8 bridgehead atoms. The van der Waals surface area contributed by atoms with E-state index in [1.54, 1.807) is 12.1 Å². The smallest absolute Gasteiger partial charge is 0.335 e. The first-order valence-electron chi connectivity index (χ1n) is 10.5. The molecule has 0 saturated carbocycles. The molecule has 0 atom stereocenters. The first kappa shape index (κ1) is 21.8. The topological polar surface area (TPSA) is 94.7 Å². The zero-order chi connectivity index (χ0) is 22.4. The minimum absolute atomic E-state index is 0. The van der Waals surface area contributed by atoms with Crippen LogP contribution in [0.25, 0.3) is 45.9 Å². The van der Waals surface area contributed by atoms with Gasteiger partial charge in [-0.15, -0.1) is 0 Å². The number of carboxylic acids is 1. The summed E-state index contributed by atoms with van der Waals surface area (Å²) in [6.07, 6.45) is 6.01. The molecule has 168 valence electrons. The van der Waals surface area contributed by atoms with Crippen LogP contribution in [0.1, 0.15) is 38.7 Å². The van der Waals surface area contributed by atoms with Gasteiger partial charge in [-0.3, -0.25) is 0 Å². The van der Waals surface area contributed by atoms with Crippen molar-refractivity contribution in [3.63, 3.8) is 0 Å². The van der Waals surface area contributed by atoms with Gasteiger partial charge in [-0.25, -0.2) is 14.8 Å². The summed E-state index contributed by atoms with van der Waals surface area (Å²) in [6, 6.07) is 22.9. The van der Waals surface area contributed by atoms with Gasteiger partial charge in [-0.05, 0) is 84.5 Å². The number of carbonyl (C=O) groups is 1. The minimum atomic E-state index is -0.943. The van der Waals surface area contributed by atoms with Crippen LogP contribution in [0.2, 0.25) is 0 Å². The van der Waals surface area contributed by atoms with Crippen LogP contribution in [-0.2, 0) is 20.4 Å². The molecule has 6 nitrogen and oxygen atoms in total. The van der Waals surface area contributed by atoms with E-state index in [1.165, 1.54) is 0 Å². The van der Waals surface area contributed by atoms with Crippen molar-refractivity contribution >= 4 is 51.8 Å². The molecule has 0 spiro atoms. The Morgan fingerprint density at radius 2 is 1.21 bits per heavy atom. The van der Waals surface area contributed by atoms with E-state index >= 15 is 0 Å².